The van der Waals surface area contributed by atoms with Crippen molar-refractivity contribution < 1.29 is 28.6 Å². The third-order valence-electron chi connectivity index (χ3n) is 12.7. The molecule has 0 saturated carbocycles. The van der Waals surface area contributed by atoms with E-state index in [4.69, 9.17) is 14.2 Å². The largest absolute Gasteiger partial charge is 0.462 e. The van der Waals surface area contributed by atoms with Crippen molar-refractivity contribution >= 4 is 17.9 Å². The first kappa shape index (κ1) is 77.0. The van der Waals surface area contributed by atoms with Gasteiger partial charge in [0.05, 0.1) is 0 Å². The summed E-state index contributed by atoms with van der Waals surface area (Å²) in [5.74, 6) is -1.04. The van der Waals surface area contributed by atoms with Crippen molar-refractivity contribution in [3.63, 3.8) is 0 Å². The zero-order chi connectivity index (χ0) is 59.9. The number of unbranched alkanes of at least 4 members (excludes halogenated alkanes) is 11. The summed E-state index contributed by atoms with van der Waals surface area (Å²) in [5.41, 5.74) is 0. The Bertz CT molecular complexity index is 2030. The molecule has 83 heavy (non-hydrogen) atoms. The van der Waals surface area contributed by atoms with E-state index in [1.54, 1.807) is 0 Å². The Balaban J connectivity index is 4.43. The van der Waals surface area contributed by atoms with Gasteiger partial charge in [-0.1, -0.05) is 266 Å². The fraction of sp³-hybridized carbons (Fsp3) is 0.519. The smallest absolute Gasteiger partial charge is 0.306 e. The predicted octanol–water partition coefficient (Wildman–Crippen LogP) is 22.8. The number of hydrogen-bond donors (Lipinski definition) is 0. The molecule has 0 aliphatic rings. The molecule has 6 heteroatoms. The predicted molar refractivity (Wildman–Crippen MR) is 361 cm³/mol. The minimum absolute atomic E-state index is 0.127. The maximum absolute atomic E-state index is 12.9. The lowest BCUT2D eigenvalue weighted by molar-refractivity contribution is -0.167. The van der Waals surface area contributed by atoms with Crippen LogP contribution < -0.4 is 0 Å². The van der Waals surface area contributed by atoms with Crippen LogP contribution in [0.2, 0.25) is 0 Å². The van der Waals surface area contributed by atoms with Crippen molar-refractivity contribution in [2.45, 2.75) is 245 Å². The van der Waals surface area contributed by atoms with E-state index in [1.165, 1.54) is 6.42 Å². The van der Waals surface area contributed by atoms with Gasteiger partial charge in [-0.15, -0.1) is 0 Å². The zero-order valence-corrected chi connectivity index (χ0v) is 52.6. The van der Waals surface area contributed by atoms with Gasteiger partial charge in [-0.2, -0.15) is 0 Å². The Morgan fingerprint density at radius 1 is 0.253 bits per heavy atom. The van der Waals surface area contributed by atoms with Gasteiger partial charge in [0.2, 0.25) is 0 Å². The van der Waals surface area contributed by atoms with Gasteiger partial charge in [0.15, 0.2) is 6.10 Å². The molecule has 0 heterocycles. The third-order valence-corrected chi connectivity index (χ3v) is 12.7. The summed E-state index contributed by atoms with van der Waals surface area (Å²) in [6.45, 7) is 6.24. The van der Waals surface area contributed by atoms with Gasteiger partial charge in [0, 0.05) is 19.3 Å². The van der Waals surface area contributed by atoms with Gasteiger partial charge in [-0.05, 0) is 161 Å². The molecule has 0 N–H and O–H groups in total. The first-order valence-corrected chi connectivity index (χ1v) is 32.6. The van der Waals surface area contributed by atoms with Crippen LogP contribution in [0.25, 0.3) is 0 Å². The molecular weight excluding hydrogens is 1020 g/mol. The average Bonchev–Trinajstić information content (AvgIpc) is 3.49. The molecule has 0 rings (SSSR count). The summed E-state index contributed by atoms with van der Waals surface area (Å²) in [6, 6.07) is 0. The van der Waals surface area contributed by atoms with Crippen LogP contribution in [0.5, 0.6) is 0 Å². The first-order valence-electron chi connectivity index (χ1n) is 32.6. The van der Waals surface area contributed by atoms with E-state index < -0.39 is 6.10 Å². The zero-order valence-electron chi connectivity index (χ0n) is 52.6. The fourth-order valence-corrected chi connectivity index (χ4v) is 7.95. The lowest BCUT2D eigenvalue weighted by Crippen LogP contribution is -2.30. The van der Waals surface area contributed by atoms with Crippen LogP contribution in [0.1, 0.15) is 239 Å². The molecule has 460 valence electrons. The fourth-order valence-electron chi connectivity index (χ4n) is 7.95. The molecular formula is C77H116O6. The maximum atomic E-state index is 12.9. The highest BCUT2D eigenvalue weighted by atomic mass is 16.6. The highest BCUT2D eigenvalue weighted by Crippen LogP contribution is 2.12. The quantitative estimate of drug-likeness (QED) is 0.0261. The maximum Gasteiger partial charge on any atom is 0.306 e. The number of hydrogen-bond acceptors (Lipinski definition) is 6. The van der Waals surface area contributed by atoms with Crippen LogP contribution in [0.3, 0.4) is 0 Å². The summed E-state index contributed by atoms with van der Waals surface area (Å²) < 4.78 is 16.8. The third kappa shape index (κ3) is 66.7. The molecule has 0 aromatic rings. The van der Waals surface area contributed by atoms with E-state index in [0.717, 1.165) is 186 Å². The molecule has 0 aromatic heterocycles. The Kier molecular flexibility index (Phi) is 63.5. The van der Waals surface area contributed by atoms with Crippen LogP contribution >= 0.6 is 0 Å². The van der Waals surface area contributed by atoms with Gasteiger partial charge in [0.25, 0.3) is 0 Å². The molecule has 0 aliphatic carbocycles. The van der Waals surface area contributed by atoms with Crippen molar-refractivity contribution in [2.24, 2.45) is 0 Å². The minimum Gasteiger partial charge on any atom is -0.462 e. The number of allylic oxidation sites excluding steroid dienone is 34. The molecule has 6 nitrogen and oxygen atoms in total. The lowest BCUT2D eigenvalue weighted by Gasteiger charge is -2.18. The Morgan fingerprint density at radius 3 is 0.771 bits per heavy atom. The summed E-state index contributed by atoms with van der Waals surface area (Å²) in [5, 5.41) is 0. The lowest BCUT2D eigenvalue weighted by atomic mass is 10.1. The SMILES string of the molecule is CC/C=C\C/C=C\C/C=C\C/C=C\C/C=C\C/C=C\C/C=C\C/C=C\C/C=C\C/C=C\CCCCCCC(=O)OCC(COC(=O)CCCCCCC/C=C\C/C=C\CCC)OC(=O)CCC/C=C\C/C=C\C/C=C\C/C=C\C/C=C\CC. The van der Waals surface area contributed by atoms with E-state index in [9.17, 15) is 14.4 Å². The standard InChI is InChI=1S/C77H116O6/c1-4-7-10-13-16-19-22-25-27-29-30-31-32-33-34-35-36-37-38-39-40-41-42-43-44-45-46-48-49-52-55-58-61-64-67-70-76(79)82-73-74(72-81-75(78)69-66-63-60-57-54-51-24-21-18-15-12-9-6-3)83-77(80)71-68-65-62-59-56-53-50-47-28-26-23-20-17-14-11-8-5-2/h7-8,10-12,15-17,19-21,24-28,30-31,33-34,36-37,39-40,42-43,45-46,49-50,52-53,59,62,74H,4-6,9,13-14,18,22-23,29,32,35,38,41,44,47-48,51,54-58,60-61,63-73H2,1-3H3/b10-7-,11-8-,15-12-,19-16-,20-17-,24-21-,27-25-,28-26-,31-30-,34-33-,37-36-,40-39-,43-42-,46-45-,52-49-,53-50-,62-59-. The van der Waals surface area contributed by atoms with Crippen LogP contribution in [0.15, 0.2) is 207 Å². The second kappa shape index (κ2) is 68.5. The molecule has 0 fully saturated rings. The van der Waals surface area contributed by atoms with E-state index >= 15 is 0 Å². The molecule has 0 aromatic carbocycles. The Hall–Kier alpha value is -6.01. The van der Waals surface area contributed by atoms with E-state index in [0.29, 0.717) is 19.3 Å². The van der Waals surface area contributed by atoms with Crippen molar-refractivity contribution in [1.82, 2.24) is 0 Å². The first-order chi connectivity index (χ1) is 41.0. The summed E-state index contributed by atoms with van der Waals surface area (Å²) in [7, 11) is 0. The van der Waals surface area contributed by atoms with Crippen molar-refractivity contribution in [3.05, 3.63) is 207 Å². The normalized spacial score (nSPS) is 13.5. The van der Waals surface area contributed by atoms with Gasteiger partial charge in [-0.3, -0.25) is 14.4 Å². The molecule has 0 aliphatic heterocycles. The number of ether oxygens (including phenoxy) is 3. The average molecular weight is 1140 g/mol. The van der Waals surface area contributed by atoms with Crippen molar-refractivity contribution in [3.8, 4) is 0 Å². The van der Waals surface area contributed by atoms with Crippen LogP contribution in [-0.2, 0) is 28.6 Å². The van der Waals surface area contributed by atoms with Crippen molar-refractivity contribution in [2.75, 3.05) is 13.2 Å². The molecule has 1 unspecified atom stereocenters. The van der Waals surface area contributed by atoms with Crippen molar-refractivity contribution in [1.29, 1.82) is 0 Å². The number of carbonyl (C=O) groups is 3. The Morgan fingerprint density at radius 2 is 0.482 bits per heavy atom. The number of rotatable bonds is 56. The van der Waals surface area contributed by atoms with Crippen LogP contribution in [0, 0.1) is 0 Å². The molecule has 1 atom stereocenters. The molecule has 0 radical (unpaired) electrons. The second-order valence-corrected chi connectivity index (χ2v) is 20.5. The topological polar surface area (TPSA) is 78.9 Å². The minimum atomic E-state index is -0.838. The van der Waals surface area contributed by atoms with Gasteiger partial charge in [-0.25, -0.2) is 0 Å². The number of carbonyl (C=O) groups excluding carboxylic acids is 3. The summed E-state index contributed by atoms with van der Waals surface area (Å²) in [6.07, 6.45) is 106. The molecule has 0 saturated heterocycles. The highest BCUT2D eigenvalue weighted by Gasteiger charge is 2.19. The van der Waals surface area contributed by atoms with Gasteiger partial charge in [0.1, 0.15) is 13.2 Å². The second-order valence-electron chi connectivity index (χ2n) is 20.5. The van der Waals surface area contributed by atoms with Crippen LogP contribution in [0.4, 0.5) is 0 Å². The molecule has 0 amide bonds. The number of esters is 3. The van der Waals surface area contributed by atoms with E-state index in [1.807, 2.05) is 0 Å². The van der Waals surface area contributed by atoms with Crippen LogP contribution in [-0.4, -0.2) is 37.2 Å². The van der Waals surface area contributed by atoms with E-state index in [2.05, 4.69) is 227 Å². The summed E-state index contributed by atoms with van der Waals surface area (Å²) >= 11 is 0. The molecule has 0 bridgehead atoms. The van der Waals surface area contributed by atoms with Gasteiger partial charge < -0.3 is 14.2 Å². The Labute approximate surface area is 509 Å². The van der Waals surface area contributed by atoms with E-state index in [-0.39, 0.29) is 37.5 Å². The van der Waals surface area contributed by atoms with Gasteiger partial charge >= 0.3 is 17.9 Å². The summed E-state index contributed by atoms with van der Waals surface area (Å²) in [4.78, 5) is 38.2. The monoisotopic (exact) mass is 1140 g/mol. The molecule has 0 spiro atoms. The highest BCUT2D eigenvalue weighted by molar-refractivity contribution is 5.71.